The number of anilines is 1. The summed E-state index contributed by atoms with van der Waals surface area (Å²) in [6, 6.07) is 7.66. The lowest BCUT2D eigenvalue weighted by atomic mass is 9.82. The zero-order chi connectivity index (χ0) is 29.8. The largest absolute Gasteiger partial charge is 0.378 e. The Bertz CT molecular complexity index is 1360. The average molecular weight is 584 g/mol. The summed E-state index contributed by atoms with van der Waals surface area (Å²) in [5.41, 5.74) is 2.11. The van der Waals surface area contributed by atoms with Gasteiger partial charge >= 0.3 is 0 Å². The molecule has 0 radical (unpaired) electrons. The lowest BCUT2D eigenvalue weighted by molar-refractivity contribution is -0.133. The number of hydrogen-bond acceptors (Lipinski definition) is 7. The normalized spacial score (nSPS) is 19.7. The number of aryl methyl sites for hydroxylation is 2. The predicted octanol–water partition coefficient (Wildman–Crippen LogP) is 4.80. The van der Waals surface area contributed by atoms with E-state index in [0.717, 1.165) is 49.9 Å². The van der Waals surface area contributed by atoms with E-state index in [4.69, 9.17) is 14.7 Å². The Labute approximate surface area is 246 Å². The third-order valence-corrected chi connectivity index (χ3v) is 8.56. The molecule has 228 valence electrons. The highest BCUT2D eigenvalue weighted by molar-refractivity contribution is 5.79. The van der Waals surface area contributed by atoms with Crippen molar-refractivity contribution in [2.45, 2.75) is 64.3 Å². The van der Waals surface area contributed by atoms with Crippen LogP contribution in [0.1, 0.15) is 62.2 Å². The van der Waals surface area contributed by atoms with Gasteiger partial charge in [-0.15, -0.1) is 0 Å². The number of carbonyl (C=O) groups is 1. The maximum atomic E-state index is 14.2. The standard InChI is InChI=1S/C31H43F2N7O2/c1-21-8-13-24-25(18-21)40(31(34-24)30(32)33)28-19-27(39-14-16-42-17-15-39)35-26(36-28)7-5-6-22-9-11-23(12-10-22)38(4)29(41)20-37(2)3/h8,13,18-19,22-23,30H,5-7,9-12,14-17,20H2,1-4H3/t22-,23-. The monoisotopic (exact) mass is 583 g/mol. The first-order chi connectivity index (χ1) is 20.2. The smallest absolute Gasteiger partial charge is 0.296 e. The van der Waals surface area contributed by atoms with Gasteiger partial charge in [-0.1, -0.05) is 12.5 Å². The summed E-state index contributed by atoms with van der Waals surface area (Å²) in [7, 11) is 5.77. The first-order valence-corrected chi connectivity index (χ1v) is 15.1. The van der Waals surface area contributed by atoms with Crippen LogP contribution in [0.2, 0.25) is 0 Å². The van der Waals surface area contributed by atoms with Gasteiger partial charge in [0.25, 0.3) is 6.43 Å². The van der Waals surface area contributed by atoms with Gasteiger partial charge in [-0.25, -0.2) is 23.7 Å². The molecule has 5 rings (SSSR count). The number of hydrogen-bond donors (Lipinski definition) is 0. The summed E-state index contributed by atoms with van der Waals surface area (Å²) in [4.78, 5) is 32.4. The van der Waals surface area contributed by atoms with E-state index in [0.29, 0.717) is 73.9 Å². The average Bonchev–Trinajstić information content (AvgIpc) is 3.36. The summed E-state index contributed by atoms with van der Waals surface area (Å²) in [6.07, 6.45) is 4.15. The van der Waals surface area contributed by atoms with E-state index in [-0.39, 0.29) is 11.7 Å². The third kappa shape index (κ3) is 7.06. The van der Waals surface area contributed by atoms with Crippen molar-refractivity contribution in [3.8, 4) is 5.82 Å². The summed E-state index contributed by atoms with van der Waals surface area (Å²) < 4.78 is 35.5. The van der Waals surface area contributed by atoms with Crippen molar-refractivity contribution in [3.63, 3.8) is 0 Å². The SMILES string of the molecule is Cc1ccc2nc(C(F)F)n(-c3cc(N4CCOCC4)nc(CCC[C@H]4CC[C@H](N(C)C(=O)CN(C)C)CC4)n3)c2c1. The Kier molecular flexibility index (Phi) is 9.67. The van der Waals surface area contributed by atoms with E-state index < -0.39 is 6.43 Å². The number of morpholine rings is 1. The van der Waals surface area contributed by atoms with Crippen molar-refractivity contribution in [2.75, 3.05) is 58.9 Å². The quantitative estimate of drug-likeness (QED) is 0.339. The molecule has 2 aliphatic rings. The fraction of sp³-hybridized carbons (Fsp3) is 0.613. The number of likely N-dealkylation sites (N-methyl/N-ethyl adjacent to an activating group) is 2. The molecule has 0 bridgehead atoms. The number of amides is 1. The molecule has 0 atom stereocenters. The topological polar surface area (TPSA) is 79.6 Å². The lowest BCUT2D eigenvalue weighted by Crippen LogP contribution is -2.43. The summed E-state index contributed by atoms with van der Waals surface area (Å²) in [5.74, 6) is 2.29. The molecule has 1 aliphatic heterocycles. The van der Waals surface area contributed by atoms with E-state index in [2.05, 4.69) is 9.88 Å². The molecule has 2 fully saturated rings. The van der Waals surface area contributed by atoms with Crippen molar-refractivity contribution in [3.05, 3.63) is 41.5 Å². The summed E-state index contributed by atoms with van der Waals surface area (Å²) >= 11 is 0. The van der Waals surface area contributed by atoms with E-state index in [1.54, 1.807) is 12.1 Å². The molecule has 1 aliphatic carbocycles. The van der Waals surface area contributed by atoms with E-state index in [1.807, 2.05) is 50.0 Å². The molecule has 0 unspecified atom stereocenters. The second-order valence-corrected chi connectivity index (χ2v) is 12.0. The number of benzene rings is 1. The fourth-order valence-electron chi connectivity index (χ4n) is 6.20. The van der Waals surface area contributed by atoms with Crippen molar-refractivity contribution in [2.24, 2.45) is 5.92 Å². The fourth-order valence-corrected chi connectivity index (χ4v) is 6.20. The highest BCUT2D eigenvalue weighted by Gasteiger charge is 2.27. The Balaban J connectivity index is 1.31. The number of imidazole rings is 1. The molecule has 9 nitrogen and oxygen atoms in total. The van der Waals surface area contributed by atoms with Gasteiger partial charge in [-0.3, -0.25) is 9.36 Å². The first-order valence-electron chi connectivity index (χ1n) is 15.1. The van der Waals surface area contributed by atoms with Crippen LogP contribution >= 0.6 is 0 Å². The van der Waals surface area contributed by atoms with Crippen LogP contribution in [-0.4, -0.2) is 95.3 Å². The van der Waals surface area contributed by atoms with Gasteiger partial charge in [0.05, 0.1) is 30.8 Å². The number of nitrogens with zero attached hydrogens (tertiary/aromatic N) is 7. The number of fused-ring (bicyclic) bond motifs is 1. The van der Waals surface area contributed by atoms with E-state index in [9.17, 15) is 13.6 Å². The molecule has 42 heavy (non-hydrogen) atoms. The zero-order valence-corrected chi connectivity index (χ0v) is 25.2. The van der Waals surface area contributed by atoms with Crippen LogP contribution in [0, 0.1) is 12.8 Å². The maximum absolute atomic E-state index is 14.2. The van der Waals surface area contributed by atoms with Gasteiger partial charge in [0.15, 0.2) is 5.82 Å². The highest BCUT2D eigenvalue weighted by atomic mass is 19.3. The highest BCUT2D eigenvalue weighted by Crippen LogP contribution is 2.32. The molecule has 2 aromatic heterocycles. The lowest BCUT2D eigenvalue weighted by Gasteiger charge is -2.35. The molecule has 0 spiro atoms. The second kappa shape index (κ2) is 13.4. The second-order valence-electron chi connectivity index (χ2n) is 12.0. The van der Waals surface area contributed by atoms with Crippen molar-refractivity contribution in [1.29, 1.82) is 0 Å². The maximum Gasteiger partial charge on any atom is 0.296 e. The number of rotatable bonds is 10. The van der Waals surface area contributed by atoms with Gasteiger partial charge in [0.1, 0.15) is 17.5 Å². The van der Waals surface area contributed by atoms with Crippen LogP contribution in [0.25, 0.3) is 16.9 Å². The summed E-state index contributed by atoms with van der Waals surface area (Å²) in [6.45, 7) is 4.96. The van der Waals surface area contributed by atoms with Crippen LogP contribution in [-0.2, 0) is 16.0 Å². The number of aromatic nitrogens is 4. The Hall–Kier alpha value is -3.18. The minimum atomic E-state index is -2.74. The van der Waals surface area contributed by atoms with Gasteiger partial charge in [-0.2, -0.15) is 0 Å². The third-order valence-electron chi connectivity index (χ3n) is 8.56. The zero-order valence-electron chi connectivity index (χ0n) is 25.2. The van der Waals surface area contributed by atoms with Gasteiger partial charge in [0.2, 0.25) is 5.91 Å². The van der Waals surface area contributed by atoms with Gasteiger partial charge in [-0.05, 0) is 76.7 Å². The van der Waals surface area contributed by atoms with E-state index in [1.165, 1.54) is 4.57 Å². The van der Waals surface area contributed by atoms with Crippen LogP contribution < -0.4 is 4.90 Å². The Morgan fingerprint density at radius 2 is 1.74 bits per heavy atom. The molecule has 3 aromatic rings. The molecular formula is C31H43F2N7O2. The summed E-state index contributed by atoms with van der Waals surface area (Å²) in [5, 5.41) is 0. The molecule has 1 amide bonds. The molecule has 3 heterocycles. The predicted molar refractivity (Wildman–Crippen MR) is 159 cm³/mol. The Morgan fingerprint density at radius 1 is 1.02 bits per heavy atom. The van der Waals surface area contributed by atoms with Gasteiger partial charge < -0.3 is 19.4 Å². The molecular weight excluding hydrogens is 540 g/mol. The number of carbonyl (C=O) groups excluding carboxylic acids is 1. The number of ether oxygens (including phenoxy) is 1. The molecule has 1 saturated carbocycles. The molecule has 11 heteroatoms. The van der Waals surface area contributed by atoms with Crippen molar-refractivity contribution >= 4 is 22.8 Å². The minimum Gasteiger partial charge on any atom is -0.378 e. The molecule has 0 N–H and O–H groups in total. The van der Waals surface area contributed by atoms with E-state index >= 15 is 0 Å². The van der Waals surface area contributed by atoms with Crippen LogP contribution in [0.4, 0.5) is 14.6 Å². The van der Waals surface area contributed by atoms with Crippen LogP contribution in [0.15, 0.2) is 24.3 Å². The minimum absolute atomic E-state index is 0.174. The van der Waals surface area contributed by atoms with Crippen molar-refractivity contribution in [1.82, 2.24) is 29.3 Å². The number of alkyl halides is 2. The van der Waals surface area contributed by atoms with Crippen molar-refractivity contribution < 1.29 is 18.3 Å². The molecule has 1 saturated heterocycles. The number of halogens is 2. The Morgan fingerprint density at radius 3 is 2.43 bits per heavy atom. The first kappa shape index (κ1) is 30.3. The molecule has 1 aromatic carbocycles. The van der Waals surface area contributed by atoms with Crippen LogP contribution in [0.5, 0.6) is 0 Å². The van der Waals surface area contributed by atoms with Gasteiger partial charge in [0, 0.05) is 38.7 Å². The van der Waals surface area contributed by atoms with Crippen LogP contribution in [0.3, 0.4) is 0 Å².